The molecule has 20 heavy (non-hydrogen) atoms. The van der Waals surface area contributed by atoms with E-state index >= 15 is 0 Å². The molecule has 0 amide bonds. The number of aryl methyl sites for hydroxylation is 1. The number of halogens is 1. The lowest BCUT2D eigenvalue weighted by Gasteiger charge is -2.05. The molecular weight excluding hydrogens is 270 g/mol. The highest BCUT2D eigenvalue weighted by atomic mass is 35.5. The van der Waals surface area contributed by atoms with E-state index in [1.54, 1.807) is 0 Å². The lowest BCUT2D eigenvalue weighted by atomic mass is 10.1. The largest absolute Gasteiger partial charge is 0.306 e. The predicted molar refractivity (Wildman–Crippen MR) is 83.3 cm³/mol. The van der Waals surface area contributed by atoms with Crippen LogP contribution in [0.4, 0.5) is 0 Å². The summed E-state index contributed by atoms with van der Waals surface area (Å²) in [5.74, 6) is 0.113. The number of nitrogens with one attached hydrogen (secondary N) is 1. The average Bonchev–Trinajstić information content (AvgIpc) is 2.49. The van der Waals surface area contributed by atoms with Gasteiger partial charge < -0.3 is 5.32 Å². The molecule has 0 radical (unpaired) electrons. The molecule has 2 aromatic carbocycles. The SMILES string of the molecule is CCc1ccc(C(=O)CNCc2ccc(Cl)cc2)cc1. The van der Waals surface area contributed by atoms with E-state index in [0.717, 1.165) is 22.6 Å². The lowest BCUT2D eigenvalue weighted by Crippen LogP contribution is -2.22. The van der Waals surface area contributed by atoms with Crippen molar-refractivity contribution in [1.82, 2.24) is 5.32 Å². The number of hydrogen-bond donors (Lipinski definition) is 1. The Morgan fingerprint density at radius 1 is 1.00 bits per heavy atom. The molecule has 0 spiro atoms. The van der Waals surface area contributed by atoms with E-state index in [1.165, 1.54) is 5.56 Å². The Kier molecular flexibility index (Phi) is 5.33. The molecule has 0 aromatic heterocycles. The molecule has 0 saturated heterocycles. The molecule has 1 N–H and O–H groups in total. The van der Waals surface area contributed by atoms with Gasteiger partial charge in [0, 0.05) is 17.1 Å². The summed E-state index contributed by atoms with van der Waals surface area (Å²) in [6.07, 6.45) is 0.989. The minimum atomic E-state index is 0.113. The van der Waals surface area contributed by atoms with Crippen molar-refractivity contribution in [2.45, 2.75) is 19.9 Å². The van der Waals surface area contributed by atoms with Gasteiger partial charge in [-0.3, -0.25) is 4.79 Å². The topological polar surface area (TPSA) is 29.1 Å². The fraction of sp³-hybridized carbons (Fsp3) is 0.235. The van der Waals surface area contributed by atoms with Crippen LogP contribution < -0.4 is 5.32 Å². The number of hydrogen-bond acceptors (Lipinski definition) is 2. The quantitative estimate of drug-likeness (QED) is 0.817. The van der Waals surface area contributed by atoms with Crippen molar-refractivity contribution in [2.75, 3.05) is 6.54 Å². The van der Waals surface area contributed by atoms with Gasteiger partial charge in [0.2, 0.25) is 0 Å². The van der Waals surface area contributed by atoms with E-state index < -0.39 is 0 Å². The number of Topliss-reactive ketones (excluding diaryl/α,β-unsaturated/α-hetero) is 1. The van der Waals surface area contributed by atoms with Crippen LogP contribution in [0.3, 0.4) is 0 Å². The van der Waals surface area contributed by atoms with E-state index in [9.17, 15) is 4.79 Å². The van der Waals surface area contributed by atoms with E-state index in [1.807, 2.05) is 48.5 Å². The van der Waals surface area contributed by atoms with Crippen LogP contribution in [0.25, 0.3) is 0 Å². The molecule has 0 atom stereocenters. The van der Waals surface area contributed by atoms with Gasteiger partial charge in [-0.15, -0.1) is 0 Å². The summed E-state index contributed by atoms with van der Waals surface area (Å²) >= 11 is 5.83. The second kappa shape index (κ2) is 7.22. The maximum absolute atomic E-state index is 12.0. The maximum Gasteiger partial charge on any atom is 0.176 e. The lowest BCUT2D eigenvalue weighted by molar-refractivity contribution is 0.0991. The summed E-state index contributed by atoms with van der Waals surface area (Å²) in [6, 6.07) is 15.4. The first-order valence-electron chi connectivity index (χ1n) is 6.76. The van der Waals surface area contributed by atoms with E-state index in [-0.39, 0.29) is 5.78 Å². The van der Waals surface area contributed by atoms with Crippen LogP contribution in [0.15, 0.2) is 48.5 Å². The molecule has 0 fully saturated rings. The van der Waals surface area contributed by atoms with Gasteiger partial charge in [-0.05, 0) is 29.7 Å². The number of benzene rings is 2. The molecular formula is C17H18ClNO. The van der Waals surface area contributed by atoms with E-state index in [0.29, 0.717) is 13.1 Å². The summed E-state index contributed by atoms with van der Waals surface area (Å²) in [7, 11) is 0. The molecule has 2 nitrogen and oxygen atoms in total. The van der Waals surface area contributed by atoms with Gasteiger partial charge >= 0.3 is 0 Å². The zero-order valence-electron chi connectivity index (χ0n) is 11.5. The zero-order chi connectivity index (χ0) is 14.4. The smallest absolute Gasteiger partial charge is 0.176 e. The predicted octanol–water partition coefficient (Wildman–Crippen LogP) is 3.87. The minimum absolute atomic E-state index is 0.113. The third kappa shape index (κ3) is 4.19. The molecule has 0 aliphatic carbocycles. The van der Waals surface area contributed by atoms with Crippen LogP contribution in [0.1, 0.15) is 28.4 Å². The summed E-state index contributed by atoms with van der Waals surface area (Å²) < 4.78 is 0. The van der Waals surface area contributed by atoms with E-state index in [2.05, 4.69) is 12.2 Å². The third-order valence-corrected chi connectivity index (χ3v) is 3.46. The van der Waals surface area contributed by atoms with Crippen LogP contribution in [-0.4, -0.2) is 12.3 Å². The fourth-order valence-electron chi connectivity index (χ4n) is 1.95. The Hall–Kier alpha value is -1.64. The molecule has 0 aliphatic rings. The molecule has 0 heterocycles. The Morgan fingerprint density at radius 3 is 2.20 bits per heavy atom. The van der Waals surface area contributed by atoms with Crippen LogP contribution in [-0.2, 0) is 13.0 Å². The average molecular weight is 288 g/mol. The summed E-state index contributed by atoms with van der Waals surface area (Å²) in [5.41, 5.74) is 3.12. The normalized spacial score (nSPS) is 10.5. The van der Waals surface area contributed by atoms with Crippen molar-refractivity contribution in [3.8, 4) is 0 Å². The van der Waals surface area contributed by atoms with Crippen molar-refractivity contribution in [3.63, 3.8) is 0 Å². The first kappa shape index (κ1) is 14.8. The van der Waals surface area contributed by atoms with Crippen LogP contribution in [0, 0.1) is 0 Å². The van der Waals surface area contributed by atoms with Gasteiger partial charge in [0.25, 0.3) is 0 Å². The number of carbonyl (C=O) groups excluding carboxylic acids is 1. The Morgan fingerprint density at radius 2 is 1.60 bits per heavy atom. The molecule has 3 heteroatoms. The Balaban J connectivity index is 1.83. The standard InChI is InChI=1S/C17H18ClNO/c1-2-13-3-7-15(8-4-13)17(20)12-19-11-14-5-9-16(18)10-6-14/h3-10,19H,2,11-12H2,1H3. The van der Waals surface area contributed by atoms with Crippen molar-refractivity contribution >= 4 is 17.4 Å². The van der Waals surface area contributed by atoms with Crippen molar-refractivity contribution in [1.29, 1.82) is 0 Å². The van der Waals surface area contributed by atoms with Crippen molar-refractivity contribution < 1.29 is 4.79 Å². The van der Waals surface area contributed by atoms with Crippen molar-refractivity contribution in [2.24, 2.45) is 0 Å². The van der Waals surface area contributed by atoms with Gasteiger partial charge in [-0.1, -0.05) is 54.9 Å². The van der Waals surface area contributed by atoms with Gasteiger partial charge in [0.15, 0.2) is 5.78 Å². The first-order valence-corrected chi connectivity index (χ1v) is 7.14. The van der Waals surface area contributed by atoms with Gasteiger partial charge in [0.1, 0.15) is 0 Å². The summed E-state index contributed by atoms with van der Waals surface area (Å²) in [4.78, 5) is 12.0. The van der Waals surface area contributed by atoms with Crippen LogP contribution in [0.2, 0.25) is 5.02 Å². The highest BCUT2D eigenvalue weighted by molar-refractivity contribution is 6.30. The molecule has 0 unspecified atom stereocenters. The molecule has 0 bridgehead atoms. The third-order valence-electron chi connectivity index (χ3n) is 3.21. The first-order chi connectivity index (χ1) is 9.69. The van der Waals surface area contributed by atoms with Crippen molar-refractivity contribution in [3.05, 3.63) is 70.2 Å². The monoisotopic (exact) mass is 287 g/mol. The second-order valence-corrected chi connectivity index (χ2v) is 5.14. The summed E-state index contributed by atoms with van der Waals surface area (Å²) in [6.45, 7) is 3.11. The molecule has 2 aromatic rings. The second-order valence-electron chi connectivity index (χ2n) is 4.70. The minimum Gasteiger partial charge on any atom is -0.306 e. The van der Waals surface area contributed by atoms with Crippen LogP contribution >= 0.6 is 11.6 Å². The van der Waals surface area contributed by atoms with Gasteiger partial charge in [-0.25, -0.2) is 0 Å². The molecule has 0 saturated carbocycles. The van der Waals surface area contributed by atoms with E-state index in [4.69, 9.17) is 11.6 Å². The van der Waals surface area contributed by atoms with Gasteiger partial charge in [0.05, 0.1) is 6.54 Å². The highest BCUT2D eigenvalue weighted by Crippen LogP contribution is 2.09. The zero-order valence-corrected chi connectivity index (χ0v) is 12.3. The maximum atomic E-state index is 12.0. The molecule has 104 valence electrons. The number of rotatable bonds is 6. The number of carbonyl (C=O) groups is 1. The Bertz CT molecular complexity index is 561. The Labute approximate surface area is 124 Å². The van der Waals surface area contributed by atoms with Crippen LogP contribution in [0.5, 0.6) is 0 Å². The summed E-state index contributed by atoms with van der Waals surface area (Å²) in [5, 5.41) is 3.88. The fourth-order valence-corrected chi connectivity index (χ4v) is 2.08. The van der Waals surface area contributed by atoms with Gasteiger partial charge in [-0.2, -0.15) is 0 Å². The highest BCUT2D eigenvalue weighted by Gasteiger charge is 2.05. The number of ketones is 1. The molecule has 0 aliphatic heterocycles. The molecule has 2 rings (SSSR count).